The zero-order valence-corrected chi connectivity index (χ0v) is 16.0. The van der Waals surface area contributed by atoms with E-state index in [2.05, 4.69) is 10.3 Å². The molecule has 2 aromatic carbocycles. The van der Waals surface area contributed by atoms with Crippen molar-refractivity contribution in [1.29, 1.82) is 0 Å². The van der Waals surface area contributed by atoms with E-state index < -0.39 is 0 Å². The molecule has 0 atom stereocenters. The molecule has 0 bridgehead atoms. The predicted molar refractivity (Wildman–Crippen MR) is 107 cm³/mol. The van der Waals surface area contributed by atoms with E-state index in [1.165, 1.54) is 11.8 Å². The van der Waals surface area contributed by atoms with Gasteiger partial charge in [0.25, 0.3) is 5.56 Å². The van der Waals surface area contributed by atoms with Gasteiger partial charge in [0.05, 0.1) is 16.7 Å². The van der Waals surface area contributed by atoms with Crippen molar-refractivity contribution in [3.63, 3.8) is 0 Å². The van der Waals surface area contributed by atoms with E-state index in [1.807, 2.05) is 26.0 Å². The summed E-state index contributed by atoms with van der Waals surface area (Å²) >= 11 is 7.17. The topological polar surface area (TPSA) is 64.0 Å². The Labute approximate surface area is 160 Å². The van der Waals surface area contributed by atoms with Gasteiger partial charge in [0.15, 0.2) is 5.16 Å². The highest BCUT2D eigenvalue weighted by Gasteiger charge is 2.15. The van der Waals surface area contributed by atoms with Gasteiger partial charge >= 0.3 is 0 Å². The van der Waals surface area contributed by atoms with Crippen molar-refractivity contribution < 1.29 is 4.79 Å². The molecule has 0 spiro atoms. The number of aromatic nitrogens is 2. The first-order valence-electron chi connectivity index (χ1n) is 8.15. The van der Waals surface area contributed by atoms with Crippen LogP contribution in [-0.4, -0.2) is 21.2 Å². The third-order valence-electron chi connectivity index (χ3n) is 3.73. The van der Waals surface area contributed by atoms with Gasteiger partial charge in [-0.25, -0.2) is 4.98 Å². The lowest BCUT2D eigenvalue weighted by Gasteiger charge is -2.16. The number of benzene rings is 2. The van der Waals surface area contributed by atoms with Crippen LogP contribution in [0.25, 0.3) is 10.9 Å². The first-order chi connectivity index (χ1) is 12.5. The van der Waals surface area contributed by atoms with Crippen LogP contribution in [0.2, 0.25) is 5.02 Å². The van der Waals surface area contributed by atoms with Gasteiger partial charge < -0.3 is 5.32 Å². The number of nitrogens with zero attached hydrogens (tertiary/aromatic N) is 2. The van der Waals surface area contributed by atoms with Crippen molar-refractivity contribution in [3.05, 3.63) is 63.9 Å². The van der Waals surface area contributed by atoms with E-state index in [1.54, 1.807) is 41.0 Å². The van der Waals surface area contributed by atoms with Gasteiger partial charge in [-0.1, -0.05) is 41.6 Å². The van der Waals surface area contributed by atoms with Gasteiger partial charge in [-0.15, -0.1) is 0 Å². The molecular weight excluding hydrogens is 370 g/mol. The van der Waals surface area contributed by atoms with Gasteiger partial charge in [-0.3, -0.25) is 14.2 Å². The highest BCUT2D eigenvalue weighted by molar-refractivity contribution is 7.99. The zero-order valence-electron chi connectivity index (χ0n) is 14.4. The van der Waals surface area contributed by atoms with Crippen molar-refractivity contribution in [3.8, 4) is 0 Å². The average molecular weight is 388 g/mol. The van der Waals surface area contributed by atoms with E-state index in [0.717, 1.165) is 0 Å². The first-order valence-corrected chi connectivity index (χ1v) is 9.51. The molecule has 3 aromatic rings. The number of rotatable bonds is 5. The summed E-state index contributed by atoms with van der Waals surface area (Å²) in [5, 5.41) is 4.46. The van der Waals surface area contributed by atoms with E-state index in [0.29, 0.717) is 26.8 Å². The highest BCUT2D eigenvalue weighted by atomic mass is 35.5. The number of para-hydroxylation sites is 1. The number of carbonyl (C=O) groups excluding carboxylic acids is 1. The molecule has 0 aliphatic carbocycles. The molecule has 1 heterocycles. The van der Waals surface area contributed by atoms with Crippen LogP contribution in [0.4, 0.5) is 5.69 Å². The monoisotopic (exact) mass is 387 g/mol. The van der Waals surface area contributed by atoms with Gasteiger partial charge in [-0.05, 0) is 44.2 Å². The van der Waals surface area contributed by atoms with Crippen LogP contribution in [0.3, 0.4) is 0 Å². The van der Waals surface area contributed by atoms with E-state index in [-0.39, 0.29) is 23.3 Å². The molecule has 0 saturated carbocycles. The summed E-state index contributed by atoms with van der Waals surface area (Å²) in [5.41, 5.74) is 1.17. The molecule has 0 aliphatic rings. The number of thioether (sulfide) groups is 1. The fourth-order valence-corrected chi connectivity index (χ4v) is 3.69. The first kappa shape index (κ1) is 18.5. The molecule has 134 valence electrons. The lowest BCUT2D eigenvalue weighted by Crippen LogP contribution is -2.25. The molecule has 0 unspecified atom stereocenters. The van der Waals surface area contributed by atoms with Gasteiger partial charge in [-0.2, -0.15) is 0 Å². The standard InChI is InChI=1S/C19H18ClN3O2S/c1-12(2)23-18(25)15-8-3-4-9-16(15)22-19(23)26-11-17(24)21-14-7-5-6-13(20)10-14/h3-10,12H,11H2,1-2H3,(H,21,24). The maximum absolute atomic E-state index is 12.8. The number of nitrogens with one attached hydrogen (secondary N) is 1. The zero-order chi connectivity index (χ0) is 18.7. The minimum atomic E-state index is -0.185. The predicted octanol–water partition coefficient (Wildman–Crippen LogP) is 4.36. The second kappa shape index (κ2) is 7.93. The number of hydrogen-bond acceptors (Lipinski definition) is 4. The van der Waals surface area contributed by atoms with Crippen molar-refractivity contribution in [1.82, 2.24) is 9.55 Å². The number of hydrogen-bond donors (Lipinski definition) is 1. The number of fused-ring (bicyclic) bond motifs is 1. The molecule has 1 N–H and O–H groups in total. The fourth-order valence-electron chi connectivity index (χ4n) is 2.58. The number of halogens is 1. The summed E-state index contributed by atoms with van der Waals surface area (Å²) in [5.74, 6) is -0.0423. The van der Waals surface area contributed by atoms with Crippen LogP contribution in [0.5, 0.6) is 0 Å². The Morgan fingerprint density at radius 2 is 2.00 bits per heavy atom. The lowest BCUT2D eigenvalue weighted by molar-refractivity contribution is -0.113. The second-order valence-corrected chi connectivity index (χ2v) is 7.41. The smallest absolute Gasteiger partial charge is 0.262 e. The van der Waals surface area contributed by atoms with Crippen LogP contribution in [0.15, 0.2) is 58.5 Å². The quantitative estimate of drug-likeness (QED) is 0.521. The average Bonchev–Trinajstić information content (AvgIpc) is 2.59. The minimum absolute atomic E-state index is 0.0573. The van der Waals surface area contributed by atoms with E-state index >= 15 is 0 Å². The largest absolute Gasteiger partial charge is 0.325 e. The molecule has 3 rings (SSSR count). The fraction of sp³-hybridized carbons (Fsp3) is 0.211. The number of anilines is 1. The highest BCUT2D eigenvalue weighted by Crippen LogP contribution is 2.21. The van der Waals surface area contributed by atoms with Crippen molar-refractivity contribution >= 4 is 45.9 Å². The molecule has 26 heavy (non-hydrogen) atoms. The third kappa shape index (κ3) is 4.08. The molecule has 0 aliphatic heterocycles. The van der Waals surface area contributed by atoms with Gasteiger partial charge in [0.2, 0.25) is 5.91 Å². The van der Waals surface area contributed by atoms with E-state index in [4.69, 9.17) is 11.6 Å². The number of amides is 1. The molecule has 0 radical (unpaired) electrons. The van der Waals surface area contributed by atoms with Gasteiger partial charge in [0, 0.05) is 16.8 Å². The van der Waals surface area contributed by atoms with Crippen LogP contribution < -0.4 is 10.9 Å². The van der Waals surface area contributed by atoms with E-state index in [9.17, 15) is 9.59 Å². The molecule has 0 fully saturated rings. The molecular formula is C19H18ClN3O2S. The summed E-state index contributed by atoms with van der Waals surface area (Å²) in [4.78, 5) is 29.6. The third-order valence-corrected chi connectivity index (χ3v) is 4.92. The summed E-state index contributed by atoms with van der Waals surface area (Å²) in [6.45, 7) is 3.85. The Bertz CT molecular complexity index is 1020. The Morgan fingerprint density at radius 3 is 2.73 bits per heavy atom. The Kier molecular flexibility index (Phi) is 5.64. The normalized spacial score (nSPS) is 11.1. The van der Waals surface area contributed by atoms with Gasteiger partial charge in [0.1, 0.15) is 0 Å². The Morgan fingerprint density at radius 1 is 1.23 bits per heavy atom. The molecule has 0 saturated heterocycles. The van der Waals surface area contributed by atoms with Crippen LogP contribution in [0.1, 0.15) is 19.9 Å². The Hall–Kier alpha value is -2.31. The SMILES string of the molecule is CC(C)n1c(SCC(=O)Nc2cccc(Cl)c2)nc2ccccc2c1=O. The van der Waals surface area contributed by atoms with Crippen molar-refractivity contribution in [2.45, 2.75) is 25.0 Å². The summed E-state index contributed by atoms with van der Waals surface area (Å²) in [6.07, 6.45) is 0. The van der Waals surface area contributed by atoms with Crippen LogP contribution in [0, 0.1) is 0 Å². The molecule has 5 nitrogen and oxygen atoms in total. The second-order valence-electron chi connectivity index (χ2n) is 6.03. The van der Waals surface area contributed by atoms with Crippen LogP contribution >= 0.6 is 23.4 Å². The maximum Gasteiger partial charge on any atom is 0.262 e. The molecule has 7 heteroatoms. The maximum atomic E-state index is 12.8. The summed E-state index contributed by atoms with van der Waals surface area (Å²) in [7, 11) is 0. The summed E-state index contributed by atoms with van der Waals surface area (Å²) < 4.78 is 1.62. The van der Waals surface area contributed by atoms with Crippen LogP contribution in [-0.2, 0) is 4.79 Å². The van der Waals surface area contributed by atoms with Crippen molar-refractivity contribution in [2.24, 2.45) is 0 Å². The molecule has 1 aromatic heterocycles. The molecule has 1 amide bonds. The minimum Gasteiger partial charge on any atom is -0.325 e. The number of carbonyl (C=O) groups is 1. The van der Waals surface area contributed by atoms with Crippen molar-refractivity contribution in [2.75, 3.05) is 11.1 Å². The summed E-state index contributed by atoms with van der Waals surface area (Å²) in [6, 6.07) is 14.1. The Balaban J connectivity index is 1.83. The lowest BCUT2D eigenvalue weighted by atomic mass is 10.2.